The van der Waals surface area contributed by atoms with Crippen LogP contribution >= 0.6 is 11.6 Å². The van der Waals surface area contributed by atoms with E-state index >= 15 is 0 Å². The predicted molar refractivity (Wildman–Crippen MR) is 79.5 cm³/mol. The third kappa shape index (κ3) is 2.93. The van der Waals surface area contributed by atoms with Gasteiger partial charge in [-0.3, -0.25) is 4.79 Å². The Hall–Kier alpha value is -1.87. The van der Waals surface area contributed by atoms with E-state index in [1.165, 1.54) is 6.07 Å². The van der Waals surface area contributed by atoms with Crippen LogP contribution in [0.3, 0.4) is 0 Å². The first kappa shape index (κ1) is 14.1. The number of benzene rings is 2. The van der Waals surface area contributed by atoms with Crippen LogP contribution in [0.5, 0.6) is 5.75 Å². The van der Waals surface area contributed by atoms with Crippen molar-refractivity contribution in [3.05, 3.63) is 63.9 Å². The van der Waals surface area contributed by atoms with Crippen molar-refractivity contribution in [1.29, 1.82) is 0 Å². The number of fused-ring (bicyclic) bond motifs is 1. The minimum Gasteiger partial charge on any atom is -0.489 e. The lowest BCUT2D eigenvalue weighted by Gasteiger charge is -2.18. The van der Waals surface area contributed by atoms with Gasteiger partial charge < -0.3 is 4.74 Å². The molecule has 0 spiro atoms. The highest BCUT2D eigenvalue weighted by molar-refractivity contribution is 6.30. The van der Waals surface area contributed by atoms with Crippen LogP contribution in [0.25, 0.3) is 0 Å². The molecule has 2 nitrogen and oxygen atoms in total. The van der Waals surface area contributed by atoms with E-state index < -0.39 is 5.82 Å². The van der Waals surface area contributed by atoms with Gasteiger partial charge in [0.25, 0.3) is 0 Å². The highest BCUT2D eigenvalue weighted by Crippen LogP contribution is 2.30. The smallest absolute Gasteiger partial charge is 0.163 e. The van der Waals surface area contributed by atoms with Gasteiger partial charge in [0.1, 0.15) is 18.2 Å². The summed E-state index contributed by atoms with van der Waals surface area (Å²) in [5, 5.41) is 0.0846. The van der Waals surface area contributed by atoms with E-state index in [9.17, 15) is 9.18 Å². The Balaban J connectivity index is 1.81. The summed E-state index contributed by atoms with van der Waals surface area (Å²) in [6.45, 7) is 0.296. The van der Waals surface area contributed by atoms with Crippen molar-refractivity contribution in [3.63, 3.8) is 0 Å². The van der Waals surface area contributed by atoms with Crippen LogP contribution < -0.4 is 4.74 Å². The van der Waals surface area contributed by atoms with Gasteiger partial charge in [-0.25, -0.2) is 4.39 Å². The Kier molecular flexibility index (Phi) is 3.93. The summed E-state index contributed by atoms with van der Waals surface area (Å²) in [5.74, 6) is 0.454. The summed E-state index contributed by atoms with van der Waals surface area (Å²) in [6, 6.07) is 10.1. The maximum atomic E-state index is 13.1. The number of rotatable bonds is 3. The summed E-state index contributed by atoms with van der Waals surface area (Å²) >= 11 is 5.75. The monoisotopic (exact) mass is 304 g/mol. The fourth-order valence-corrected chi connectivity index (χ4v) is 2.77. The van der Waals surface area contributed by atoms with Crippen molar-refractivity contribution in [1.82, 2.24) is 0 Å². The number of ether oxygens (including phenoxy) is 1. The zero-order valence-corrected chi connectivity index (χ0v) is 12.1. The summed E-state index contributed by atoms with van der Waals surface area (Å²) in [6.07, 6.45) is 2.31. The fraction of sp³-hybridized carbons (Fsp3) is 0.235. The molecular weight excluding hydrogens is 291 g/mol. The van der Waals surface area contributed by atoms with Crippen LogP contribution in [0.2, 0.25) is 5.02 Å². The molecule has 0 unspecified atom stereocenters. The lowest BCUT2D eigenvalue weighted by molar-refractivity contribution is 0.0971. The molecule has 0 saturated heterocycles. The highest BCUT2D eigenvalue weighted by atomic mass is 35.5. The number of halogens is 2. The van der Waals surface area contributed by atoms with E-state index in [1.54, 1.807) is 12.1 Å². The minimum absolute atomic E-state index is 0.0846. The van der Waals surface area contributed by atoms with Gasteiger partial charge in [-0.1, -0.05) is 29.8 Å². The molecule has 0 N–H and O–H groups in total. The molecule has 0 heterocycles. The molecule has 0 aliphatic heterocycles. The largest absolute Gasteiger partial charge is 0.489 e. The number of ketones is 1. The van der Waals surface area contributed by atoms with Crippen molar-refractivity contribution >= 4 is 17.4 Å². The molecule has 2 aromatic carbocycles. The molecular formula is C17H14ClFO2. The van der Waals surface area contributed by atoms with Crippen LogP contribution in [0.15, 0.2) is 36.4 Å². The van der Waals surface area contributed by atoms with Crippen molar-refractivity contribution in [2.45, 2.75) is 25.9 Å². The number of carbonyl (C=O) groups excluding carboxylic acids is 1. The van der Waals surface area contributed by atoms with Gasteiger partial charge in [0.05, 0.1) is 5.02 Å². The second kappa shape index (κ2) is 5.86. The molecule has 0 bridgehead atoms. The summed E-state index contributed by atoms with van der Waals surface area (Å²) in [5.41, 5.74) is 2.53. The third-order valence-electron chi connectivity index (χ3n) is 3.64. The maximum absolute atomic E-state index is 13.1. The normalized spacial score (nSPS) is 13.9. The molecule has 21 heavy (non-hydrogen) atoms. The minimum atomic E-state index is -0.442. The molecule has 0 fully saturated rings. The quantitative estimate of drug-likeness (QED) is 0.830. The van der Waals surface area contributed by atoms with E-state index in [0.29, 0.717) is 13.0 Å². The summed E-state index contributed by atoms with van der Waals surface area (Å²) in [4.78, 5) is 11.9. The van der Waals surface area contributed by atoms with Crippen LogP contribution in [0.1, 0.15) is 34.3 Å². The lowest BCUT2D eigenvalue weighted by Crippen LogP contribution is -2.12. The number of carbonyl (C=O) groups is 1. The van der Waals surface area contributed by atoms with Crippen LogP contribution in [-0.2, 0) is 13.0 Å². The lowest BCUT2D eigenvalue weighted by atomic mass is 9.90. The molecule has 0 saturated carbocycles. The van der Waals surface area contributed by atoms with E-state index in [2.05, 4.69) is 0 Å². The number of Topliss-reactive ketones (excluding diaryl/α,β-unsaturated/α-hetero) is 1. The topological polar surface area (TPSA) is 26.3 Å². The van der Waals surface area contributed by atoms with E-state index in [4.69, 9.17) is 16.3 Å². The zero-order valence-electron chi connectivity index (χ0n) is 11.4. The van der Waals surface area contributed by atoms with Gasteiger partial charge in [-0.15, -0.1) is 0 Å². The molecule has 0 atom stereocenters. The molecule has 0 amide bonds. The number of hydrogen-bond donors (Lipinski definition) is 0. The van der Waals surface area contributed by atoms with Gasteiger partial charge in [-0.2, -0.15) is 0 Å². The first-order valence-electron chi connectivity index (χ1n) is 6.87. The van der Waals surface area contributed by atoms with Crippen LogP contribution in [0.4, 0.5) is 4.39 Å². The molecule has 2 aromatic rings. The first-order valence-corrected chi connectivity index (χ1v) is 7.25. The zero-order chi connectivity index (χ0) is 14.8. The van der Waals surface area contributed by atoms with Gasteiger partial charge in [0.2, 0.25) is 0 Å². The maximum Gasteiger partial charge on any atom is 0.163 e. The Morgan fingerprint density at radius 2 is 2.05 bits per heavy atom. The first-order chi connectivity index (χ1) is 10.1. The standard InChI is InChI=1S/C17H14ClFO2/c18-14-9-11(7-8-15(14)19)10-21-17-6-2-3-12-13(17)4-1-5-16(12)20/h2-3,6-9H,1,4-5,10H2. The van der Waals surface area contributed by atoms with Crippen LogP contribution in [-0.4, -0.2) is 5.78 Å². The molecule has 0 aromatic heterocycles. The molecule has 1 aliphatic rings. The summed E-state index contributed by atoms with van der Waals surface area (Å²) in [7, 11) is 0. The molecule has 4 heteroatoms. The van der Waals surface area contributed by atoms with E-state index in [-0.39, 0.29) is 10.8 Å². The SMILES string of the molecule is O=C1CCCc2c(OCc3ccc(F)c(Cl)c3)cccc21. The third-order valence-corrected chi connectivity index (χ3v) is 3.93. The fourth-order valence-electron chi connectivity index (χ4n) is 2.57. The van der Waals surface area contributed by atoms with Crippen molar-refractivity contribution in [3.8, 4) is 5.75 Å². The average molecular weight is 305 g/mol. The van der Waals surface area contributed by atoms with E-state index in [0.717, 1.165) is 35.3 Å². The van der Waals surface area contributed by atoms with Crippen molar-refractivity contribution in [2.24, 2.45) is 0 Å². The second-order valence-corrected chi connectivity index (χ2v) is 5.50. The van der Waals surface area contributed by atoms with E-state index in [1.807, 2.05) is 18.2 Å². The predicted octanol–water partition coefficient (Wildman–Crippen LogP) is 4.58. The number of hydrogen-bond acceptors (Lipinski definition) is 2. The highest BCUT2D eigenvalue weighted by Gasteiger charge is 2.20. The average Bonchev–Trinajstić information content (AvgIpc) is 2.49. The Morgan fingerprint density at radius 3 is 2.86 bits per heavy atom. The molecule has 108 valence electrons. The summed E-state index contributed by atoms with van der Waals surface area (Å²) < 4.78 is 18.9. The van der Waals surface area contributed by atoms with Gasteiger partial charge in [0.15, 0.2) is 5.78 Å². The molecule has 1 aliphatic carbocycles. The van der Waals surface area contributed by atoms with Crippen LogP contribution in [0, 0.1) is 5.82 Å². The van der Waals surface area contributed by atoms with Crippen molar-refractivity contribution < 1.29 is 13.9 Å². The Morgan fingerprint density at radius 1 is 1.19 bits per heavy atom. The second-order valence-electron chi connectivity index (χ2n) is 5.10. The Labute approximate surface area is 127 Å². The Bertz CT molecular complexity index is 697. The van der Waals surface area contributed by atoms with Gasteiger partial charge in [0, 0.05) is 17.5 Å². The molecule has 3 rings (SSSR count). The van der Waals surface area contributed by atoms with Gasteiger partial charge >= 0.3 is 0 Å². The van der Waals surface area contributed by atoms with Gasteiger partial charge in [-0.05, 0) is 36.6 Å². The van der Waals surface area contributed by atoms with Crippen molar-refractivity contribution in [2.75, 3.05) is 0 Å². The molecule has 0 radical (unpaired) electrons.